The minimum Gasteiger partial charge on any atom is -0.493 e. The summed E-state index contributed by atoms with van der Waals surface area (Å²) in [4.78, 5) is 2.76. The van der Waals surface area contributed by atoms with Crippen molar-refractivity contribution in [2.24, 2.45) is 0 Å². The van der Waals surface area contributed by atoms with Crippen molar-refractivity contribution in [1.82, 2.24) is 4.90 Å². The third kappa shape index (κ3) is 6.89. The van der Waals surface area contributed by atoms with Crippen LogP contribution in [0.15, 0.2) is 41.3 Å². The molecule has 158 valence electrons. The second kappa shape index (κ2) is 12.2. The summed E-state index contributed by atoms with van der Waals surface area (Å²) in [6.07, 6.45) is -4.11. The van der Waals surface area contributed by atoms with Gasteiger partial charge in [0, 0.05) is 34.8 Å². The minimum atomic E-state index is -4.11. The largest absolute Gasteiger partial charge is 0.493 e. The Bertz CT molecular complexity index is 698. The Balaban J connectivity index is 0.000000921. The maximum absolute atomic E-state index is 12.5. The van der Waals surface area contributed by atoms with E-state index in [0.29, 0.717) is 19.7 Å². The van der Waals surface area contributed by atoms with Gasteiger partial charge in [-0.25, -0.2) is 0 Å². The third-order valence-electron chi connectivity index (χ3n) is 4.17. The molecule has 0 N–H and O–H groups in total. The lowest BCUT2D eigenvalue weighted by Gasteiger charge is -2.27. The summed E-state index contributed by atoms with van der Waals surface area (Å²) in [7, 11) is -0.00847. The van der Waals surface area contributed by atoms with Gasteiger partial charge in [0.05, 0.1) is 13.2 Å². The van der Waals surface area contributed by atoms with Crippen molar-refractivity contribution in [2.75, 3.05) is 37.7 Å². The van der Waals surface area contributed by atoms with E-state index >= 15 is 0 Å². The molecule has 6 heteroatoms. The van der Waals surface area contributed by atoms with Gasteiger partial charge in [-0.2, -0.15) is 13.2 Å². The van der Waals surface area contributed by atoms with Crippen molar-refractivity contribution < 1.29 is 17.9 Å². The first-order valence-corrected chi connectivity index (χ1v) is 11.7. The molecule has 1 fully saturated rings. The Morgan fingerprint density at radius 1 is 0.929 bits per heavy atom. The molecule has 2 aromatic rings. The highest BCUT2D eigenvalue weighted by Crippen LogP contribution is 2.33. The number of fused-ring (bicyclic) bond motifs is 1. The Morgan fingerprint density at radius 3 is 2.04 bits per heavy atom. The van der Waals surface area contributed by atoms with Gasteiger partial charge >= 0.3 is 6.18 Å². The number of rotatable bonds is 4. The fourth-order valence-corrected chi connectivity index (χ4v) is 5.45. The Hall–Kier alpha value is -1.40. The fraction of sp³-hybridized carbons (Fsp3) is 0.545. The van der Waals surface area contributed by atoms with Crippen molar-refractivity contribution in [3.8, 4) is 5.75 Å². The third-order valence-corrected chi connectivity index (χ3v) is 6.49. The van der Waals surface area contributed by atoms with E-state index in [-0.39, 0.29) is 10.9 Å². The van der Waals surface area contributed by atoms with Crippen LogP contribution >= 0.6 is 0 Å². The second-order valence-corrected chi connectivity index (χ2v) is 8.07. The van der Waals surface area contributed by atoms with Crippen LogP contribution in [0.5, 0.6) is 5.75 Å². The average Bonchev–Trinajstić information content (AvgIpc) is 2.71. The van der Waals surface area contributed by atoms with E-state index in [1.807, 2.05) is 58.9 Å². The smallest absolute Gasteiger partial charge is 0.401 e. The lowest BCUT2D eigenvalue weighted by molar-refractivity contribution is -0.145. The molecule has 2 nitrogen and oxygen atoms in total. The number of nitrogens with zero attached hydrogens (tertiary/aromatic N) is 1. The molecule has 0 spiro atoms. The van der Waals surface area contributed by atoms with E-state index in [1.54, 1.807) is 0 Å². The van der Waals surface area contributed by atoms with Crippen LogP contribution in [0.25, 0.3) is 10.8 Å². The number of benzene rings is 2. The van der Waals surface area contributed by atoms with Gasteiger partial charge in [0.1, 0.15) is 17.3 Å². The van der Waals surface area contributed by atoms with Gasteiger partial charge < -0.3 is 4.74 Å². The number of ether oxygens (including phenoxy) is 1. The van der Waals surface area contributed by atoms with Gasteiger partial charge in [0.25, 0.3) is 0 Å². The van der Waals surface area contributed by atoms with Crippen LogP contribution in [0.2, 0.25) is 0 Å². The zero-order valence-corrected chi connectivity index (χ0v) is 18.4. The molecule has 0 saturated carbocycles. The highest BCUT2D eigenvalue weighted by Gasteiger charge is 2.36. The summed E-state index contributed by atoms with van der Waals surface area (Å²) < 4.78 is 43.3. The van der Waals surface area contributed by atoms with Gasteiger partial charge in [-0.05, 0) is 25.1 Å². The van der Waals surface area contributed by atoms with Crippen LogP contribution in [-0.4, -0.2) is 48.8 Å². The standard InChI is InChI=1S/C18H21F3NOS.2C2H6/c1-2-23-16-7-8-17(15-6-4-3-5-14(15)16)24-11-9-22(10-12-24)13-18(19,20)21;2*1-2/h3-8H,2,9-13H2,1H3;2*1-2H3/q+1;;. The van der Waals surface area contributed by atoms with Crippen molar-refractivity contribution in [3.05, 3.63) is 36.4 Å². The normalized spacial score (nSPS) is 15.3. The first kappa shape index (κ1) is 24.6. The SMILES string of the molecule is CC.CC.CCOc1ccc([S+]2CCN(CC(F)(F)F)CC2)c2ccccc12. The minimum absolute atomic E-state index is 0.00847. The van der Waals surface area contributed by atoms with Crippen molar-refractivity contribution in [3.63, 3.8) is 0 Å². The lowest BCUT2D eigenvalue weighted by atomic mass is 10.1. The molecule has 2 aromatic carbocycles. The van der Waals surface area contributed by atoms with Gasteiger partial charge in [-0.3, -0.25) is 4.90 Å². The molecule has 1 saturated heterocycles. The maximum Gasteiger partial charge on any atom is 0.401 e. The molecule has 0 radical (unpaired) electrons. The van der Waals surface area contributed by atoms with Crippen molar-refractivity contribution >= 4 is 21.7 Å². The number of hydrogen-bond donors (Lipinski definition) is 0. The average molecular weight is 417 g/mol. The van der Waals surface area contributed by atoms with E-state index in [9.17, 15) is 13.2 Å². The van der Waals surface area contributed by atoms with Crippen molar-refractivity contribution in [2.45, 2.75) is 45.7 Å². The van der Waals surface area contributed by atoms with Gasteiger partial charge in [-0.1, -0.05) is 45.9 Å². The molecule has 0 amide bonds. The Kier molecular flexibility index (Phi) is 10.8. The van der Waals surface area contributed by atoms with E-state index in [0.717, 1.165) is 28.0 Å². The molecule has 1 aliphatic heterocycles. The van der Waals surface area contributed by atoms with Crippen LogP contribution in [0.4, 0.5) is 13.2 Å². The van der Waals surface area contributed by atoms with Crippen molar-refractivity contribution in [1.29, 1.82) is 0 Å². The molecule has 0 bridgehead atoms. The summed E-state index contributed by atoms with van der Waals surface area (Å²) in [5.74, 6) is 2.44. The maximum atomic E-state index is 12.5. The Morgan fingerprint density at radius 2 is 1.50 bits per heavy atom. The van der Waals surface area contributed by atoms with Crippen LogP contribution < -0.4 is 4.74 Å². The highest BCUT2D eigenvalue weighted by molar-refractivity contribution is 7.97. The van der Waals surface area contributed by atoms with Crippen LogP contribution in [0.1, 0.15) is 34.6 Å². The summed E-state index contributed by atoms with van der Waals surface area (Å²) in [5, 5.41) is 2.25. The molecular weight excluding hydrogens is 383 g/mol. The predicted molar refractivity (Wildman–Crippen MR) is 116 cm³/mol. The first-order valence-electron chi connectivity index (χ1n) is 10.1. The Labute approximate surface area is 170 Å². The molecule has 3 rings (SSSR count). The molecule has 0 aromatic heterocycles. The van der Waals surface area contributed by atoms with Gasteiger partial charge in [0.15, 0.2) is 4.90 Å². The molecule has 0 unspecified atom stereocenters. The summed E-state index contributed by atoms with van der Waals surface area (Å²) in [6, 6.07) is 12.2. The predicted octanol–water partition coefficient (Wildman–Crippen LogP) is 6.15. The van der Waals surface area contributed by atoms with E-state index in [4.69, 9.17) is 4.74 Å². The monoisotopic (exact) mass is 416 g/mol. The molecule has 28 heavy (non-hydrogen) atoms. The zero-order valence-electron chi connectivity index (χ0n) is 17.6. The number of alkyl halides is 3. The van der Waals surface area contributed by atoms with Crippen LogP contribution in [-0.2, 0) is 10.9 Å². The second-order valence-electron chi connectivity index (χ2n) is 5.83. The zero-order chi connectivity index (χ0) is 21.2. The molecule has 0 aliphatic carbocycles. The number of halogens is 3. The molecule has 0 atom stereocenters. The van der Waals surface area contributed by atoms with E-state index in [1.165, 1.54) is 9.80 Å². The van der Waals surface area contributed by atoms with Gasteiger partial charge in [0.2, 0.25) is 0 Å². The quantitative estimate of drug-likeness (QED) is 0.555. The summed E-state index contributed by atoms with van der Waals surface area (Å²) >= 11 is 0. The van der Waals surface area contributed by atoms with Crippen LogP contribution in [0, 0.1) is 0 Å². The molecule has 1 aliphatic rings. The lowest BCUT2D eigenvalue weighted by Crippen LogP contribution is -2.44. The van der Waals surface area contributed by atoms with Gasteiger partial charge in [-0.15, -0.1) is 0 Å². The fourth-order valence-electron chi connectivity index (χ4n) is 3.10. The molecule has 1 heterocycles. The first-order chi connectivity index (χ1) is 13.5. The highest BCUT2D eigenvalue weighted by atomic mass is 32.2. The summed E-state index contributed by atoms with van der Waals surface area (Å²) in [5.41, 5.74) is 0. The van der Waals surface area contributed by atoms with E-state index in [2.05, 4.69) is 12.1 Å². The summed E-state index contributed by atoms with van der Waals surface area (Å²) in [6.45, 7) is 10.8. The van der Waals surface area contributed by atoms with Crippen LogP contribution in [0.3, 0.4) is 0 Å². The topological polar surface area (TPSA) is 12.5 Å². The number of hydrogen-bond acceptors (Lipinski definition) is 2. The molecular formula is C22H33F3NOS+. The van der Waals surface area contributed by atoms with E-state index < -0.39 is 12.7 Å².